The van der Waals surface area contributed by atoms with Crippen molar-refractivity contribution in [3.05, 3.63) is 63.5 Å². The lowest BCUT2D eigenvalue weighted by Gasteiger charge is -2.12. The normalized spacial score (nSPS) is 10.7. The molecule has 2 aromatic heterocycles. The number of carbonyl (C=O) groups is 1. The monoisotopic (exact) mass is 329 g/mol. The highest BCUT2D eigenvalue weighted by Crippen LogP contribution is 2.13. The predicted molar refractivity (Wildman–Crippen MR) is 89.2 cm³/mol. The highest BCUT2D eigenvalue weighted by molar-refractivity contribution is 7.15. The van der Waals surface area contributed by atoms with Crippen molar-refractivity contribution in [1.29, 1.82) is 0 Å². The van der Waals surface area contributed by atoms with Crippen molar-refractivity contribution in [3.63, 3.8) is 0 Å². The van der Waals surface area contributed by atoms with Gasteiger partial charge in [0.2, 0.25) is 0 Å². The molecule has 118 valence electrons. The number of carbonyl (C=O) groups excluding carboxylic acids is 1. The van der Waals surface area contributed by atoms with Crippen LogP contribution < -0.4 is 10.5 Å². The molecular weight excluding hydrogens is 314 g/mol. The van der Waals surface area contributed by atoms with Crippen molar-refractivity contribution >= 4 is 28.0 Å². The van der Waals surface area contributed by atoms with Gasteiger partial charge in [0.25, 0.3) is 5.56 Å². The number of hydrogen-bond acceptors (Lipinski definition) is 6. The smallest absolute Gasteiger partial charge is 0.338 e. The Kier molecular flexibility index (Phi) is 4.12. The van der Waals surface area contributed by atoms with Gasteiger partial charge in [-0.15, -0.1) is 11.3 Å². The van der Waals surface area contributed by atoms with Crippen molar-refractivity contribution in [3.8, 4) is 0 Å². The fourth-order valence-corrected chi connectivity index (χ4v) is 2.82. The molecule has 0 amide bonds. The van der Waals surface area contributed by atoms with Crippen LogP contribution in [0.2, 0.25) is 0 Å². The van der Waals surface area contributed by atoms with E-state index in [1.807, 2.05) is 31.1 Å². The Bertz CT molecular complexity index is 897. The molecule has 1 aromatic carbocycles. The largest absolute Gasteiger partial charge is 0.456 e. The molecular formula is C16H15N3O3S. The predicted octanol–water partition coefficient (Wildman–Crippen LogP) is 2.18. The molecule has 0 aliphatic rings. The summed E-state index contributed by atoms with van der Waals surface area (Å²) in [6.45, 7) is -0.0299. The number of benzene rings is 1. The number of rotatable bonds is 4. The maximum absolute atomic E-state index is 12.1. The fourth-order valence-electron chi connectivity index (χ4n) is 2.08. The number of nitrogens with zero attached hydrogens (tertiary/aromatic N) is 3. The van der Waals surface area contributed by atoms with E-state index in [0.29, 0.717) is 16.2 Å². The second kappa shape index (κ2) is 6.21. The van der Waals surface area contributed by atoms with Gasteiger partial charge in [-0.05, 0) is 24.3 Å². The molecule has 3 rings (SSSR count). The molecule has 0 atom stereocenters. The van der Waals surface area contributed by atoms with E-state index >= 15 is 0 Å². The lowest BCUT2D eigenvalue weighted by Crippen LogP contribution is -2.14. The summed E-state index contributed by atoms with van der Waals surface area (Å²) in [5, 5.41) is 1.78. The Morgan fingerprint density at radius 1 is 1.30 bits per heavy atom. The molecule has 0 spiro atoms. The number of thiazole rings is 1. The first-order chi connectivity index (χ1) is 11.0. The van der Waals surface area contributed by atoms with E-state index in [2.05, 4.69) is 4.98 Å². The molecule has 0 aliphatic heterocycles. The van der Waals surface area contributed by atoms with Gasteiger partial charge in [0, 0.05) is 37.4 Å². The summed E-state index contributed by atoms with van der Waals surface area (Å²) in [5.74, 6) is -0.441. The number of aromatic nitrogens is 2. The summed E-state index contributed by atoms with van der Waals surface area (Å²) in [5.41, 5.74) is 1.72. The van der Waals surface area contributed by atoms with Gasteiger partial charge in [-0.3, -0.25) is 9.20 Å². The first-order valence-corrected chi connectivity index (χ1v) is 7.83. The Morgan fingerprint density at radius 3 is 2.74 bits per heavy atom. The standard InChI is InChI=1S/C16H15N3O3S/c1-18(2)13-5-3-11(4-6-13)15(21)22-10-12-9-14(20)19-7-8-23-16(19)17-12/h3-9H,10H2,1-2H3. The van der Waals surface area contributed by atoms with E-state index in [9.17, 15) is 9.59 Å². The van der Waals surface area contributed by atoms with Gasteiger partial charge in [0.15, 0.2) is 4.96 Å². The average Bonchev–Trinajstić information content (AvgIpc) is 3.02. The van der Waals surface area contributed by atoms with Crippen molar-refractivity contribution in [2.24, 2.45) is 0 Å². The van der Waals surface area contributed by atoms with Crippen molar-refractivity contribution < 1.29 is 9.53 Å². The van der Waals surface area contributed by atoms with Crippen LogP contribution in [0.25, 0.3) is 4.96 Å². The van der Waals surface area contributed by atoms with Crippen LogP contribution in [0.4, 0.5) is 5.69 Å². The average molecular weight is 329 g/mol. The molecule has 0 unspecified atom stereocenters. The zero-order chi connectivity index (χ0) is 16.4. The zero-order valence-corrected chi connectivity index (χ0v) is 13.5. The van der Waals surface area contributed by atoms with Crippen LogP contribution in [-0.2, 0) is 11.3 Å². The molecule has 2 heterocycles. The van der Waals surface area contributed by atoms with Gasteiger partial charge in [0.05, 0.1) is 11.3 Å². The van der Waals surface area contributed by atoms with E-state index in [1.165, 1.54) is 21.8 Å². The Balaban J connectivity index is 1.71. The number of ether oxygens (including phenoxy) is 1. The van der Waals surface area contributed by atoms with Crippen molar-refractivity contribution in [2.45, 2.75) is 6.61 Å². The Hall–Kier alpha value is -2.67. The number of hydrogen-bond donors (Lipinski definition) is 0. The first kappa shape index (κ1) is 15.2. The number of anilines is 1. The topological polar surface area (TPSA) is 63.9 Å². The van der Waals surface area contributed by atoms with Gasteiger partial charge < -0.3 is 9.64 Å². The van der Waals surface area contributed by atoms with Crippen LogP contribution >= 0.6 is 11.3 Å². The van der Waals surface area contributed by atoms with E-state index in [1.54, 1.807) is 23.7 Å². The van der Waals surface area contributed by atoms with Crippen LogP contribution in [0.3, 0.4) is 0 Å². The van der Waals surface area contributed by atoms with Crippen LogP contribution in [0.5, 0.6) is 0 Å². The molecule has 0 saturated heterocycles. The maximum Gasteiger partial charge on any atom is 0.338 e. The third-order valence-corrected chi connectivity index (χ3v) is 4.08. The quantitative estimate of drug-likeness (QED) is 0.687. The second-order valence-corrected chi connectivity index (χ2v) is 6.03. The summed E-state index contributed by atoms with van der Waals surface area (Å²) >= 11 is 1.36. The van der Waals surface area contributed by atoms with Gasteiger partial charge in [-0.25, -0.2) is 9.78 Å². The summed E-state index contributed by atoms with van der Waals surface area (Å²) in [6.07, 6.45) is 1.66. The number of fused-ring (bicyclic) bond motifs is 1. The van der Waals surface area contributed by atoms with Gasteiger partial charge in [0.1, 0.15) is 6.61 Å². The highest BCUT2D eigenvalue weighted by atomic mass is 32.1. The van der Waals surface area contributed by atoms with Crippen molar-refractivity contribution in [1.82, 2.24) is 9.38 Å². The van der Waals surface area contributed by atoms with E-state index in [-0.39, 0.29) is 12.2 Å². The third kappa shape index (κ3) is 3.24. The molecule has 3 aromatic rings. The SMILES string of the molecule is CN(C)c1ccc(C(=O)OCc2cc(=O)n3ccsc3n2)cc1. The maximum atomic E-state index is 12.1. The molecule has 0 fully saturated rings. The fraction of sp³-hybridized carbons (Fsp3) is 0.188. The van der Waals surface area contributed by atoms with Crippen LogP contribution in [0.15, 0.2) is 46.7 Å². The summed E-state index contributed by atoms with van der Waals surface area (Å²) < 4.78 is 6.69. The Morgan fingerprint density at radius 2 is 2.04 bits per heavy atom. The van der Waals surface area contributed by atoms with Crippen molar-refractivity contribution in [2.75, 3.05) is 19.0 Å². The van der Waals surface area contributed by atoms with E-state index in [0.717, 1.165) is 5.69 Å². The minimum atomic E-state index is -0.441. The van der Waals surface area contributed by atoms with E-state index < -0.39 is 5.97 Å². The van der Waals surface area contributed by atoms with Crippen LogP contribution in [0.1, 0.15) is 16.1 Å². The third-order valence-electron chi connectivity index (χ3n) is 3.33. The van der Waals surface area contributed by atoms with Gasteiger partial charge in [-0.2, -0.15) is 0 Å². The molecule has 0 saturated carbocycles. The van der Waals surface area contributed by atoms with Crippen LogP contribution in [0, 0.1) is 0 Å². The summed E-state index contributed by atoms with van der Waals surface area (Å²) in [7, 11) is 3.86. The molecule has 0 radical (unpaired) electrons. The molecule has 0 bridgehead atoms. The molecule has 6 nitrogen and oxygen atoms in total. The van der Waals surface area contributed by atoms with Gasteiger partial charge >= 0.3 is 5.97 Å². The molecule has 0 aliphatic carbocycles. The zero-order valence-electron chi connectivity index (χ0n) is 12.7. The minimum Gasteiger partial charge on any atom is -0.456 e. The molecule has 0 N–H and O–H groups in total. The Labute approximate surface area is 136 Å². The molecule has 23 heavy (non-hydrogen) atoms. The van der Waals surface area contributed by atoms with Crippen LogP contribution in [-0.4, -0.2) is 29.4 Å². The lowest BCUT2D eigenvalue weighted by atomic mass is 10.2. The van der Waals surface area contributed by atoms with E-state index in [4.69, 9.17) is 4.74 Å². The van der Waals surface area contributed by atoms with Gasteiger partial charge in [-0.1, -0.05) is 0 Å². The summed E-state index contributed by atoms with van der Waals surface area (Å²) in [6, 6.07) is 8.49. The lowest BCUT2D eigenvalue weighted by molar-refractivity contribution is 0.0468. The second-order valence-electron chi connectivity index (χ2n) is 5.16. The summed E-state index contributed by atoms with van der Waals surface area (Å²) in [4.78, 5) is 30.7. The number of esters is 1. The first-order valence-electron chi connectivity index (χ1n) is 6.95. The minimum absolute atomic E-state index is 0.0299. The molecule has 7 heteroatoms. The highest BCUT2D eigenvalue weighted by Gasteiger charge is 2.10.